The number of carboxylic acids is 1. The van der Waals surface area contributed by atoms with Crippen LogP contribution in [0.3, 0.4) is 0 Å². The lowest BCUT2D eigenvalue weighted by Crippen LogP contribution is -1.95. The second-order valence-corrected chi connectivity index (χ2v) is 5.43. The first-order valence-electron chi connectivity index (χ1n) is 5.56. The molecule has 0 spiro atoms. The van der Waals surface area contributed by atoms with E-state index in [1.165, 1.54) is 0 Å². The molecule has 3 nitrogen and oxygen atoms in total. The molecule has 0 aliphatic rings. The molecular formula is C14H12ClNO2S. The Balaban J connectivity index is 2.01. The summed E-state index contributed by atoms with van der Waals surface area (Å²) in [6, 6.07) is 12.4. The molecule has 19 heavy (non-hydrogen) atoms. The number of nitrogens with two attached hydrogens (primary N) is 1. The summed E-state index contributed by atoms with van der Waals surface area (Å²) in [5, 5.41) is 9.36. The summed E-state index contributed by atoms with van der Waals surface area (Å²) in [5.41, 5.74) is 7.56. The molecular weight excluding hydrogens is 282 g/mol. The average molecular weight is 294 g/mol. The van der Waals surface area contributed by atoms with Crippen molar-refractivity contribution >= 4 is 35.0 Å². The highest BCUT2D eigenvalue weighted by molar-refractivity contribution is 7.98. The van der Waals surface area contributed by atoms with Gasteiger partial charge in [-0.1, -0.05) is 23.7 Å². The van der Waals surface area contributed by atoms with Crippen molar-refractivity contribution < 1.29 is 9.90 Å². The number of carboxylic acid groups (broad SMARTS) is 1. The molecule has 0 unspecified atom stereocenters. The van der Waals surface area contributed by atoms with Crippen molar-refractivity contribution in [3.63, 3.8) is 0 Å². The Morgan fingerprint density at radius 3 is 2.47 bits per heavy atom. The van der Waals surface area contributed by atoms with Gasteiger partial charge in [0.1, 0.15) is 0 Å². The van der Waals surface area contributed by atoms with Crippen LogP contribution < -0.4 is 5.73 Å². The van der Waals surface area contributed by atoms with Crippen LogP contribution in [0.1, 0.15) is 15.9 Å². The van der Waals surface area contributed by atoms with Gasteiger partial charge in [0.2, 0.25) is 0 Å². The van der Waals surface area contributed by atoms with Crippen molar-refractivity contribution in [1.82, 2.24) is 0 Å². The number of aromatic carboxylic acids is 1. The van der Waals surface area contributed by atoms with Crippen molar-refractivity contribution in [1.29, 1.82) is 0 Å². The van der Waals surface area contributed by atoms with Gasteiger partial charge >= 0.3 is 5.97 Å². The number of hydrogen-bond donors (Lipinski definition) is 2. The van der Waals surface area contributed by atoms with Gasteiger partial charge in [-0.05, 0) is 35.9 Å². The highest BCUT2D eigenvalue weighted by atomic mass is 35.5. The molecule has 2 rings (SSSR count). The molecule has 0 heterocycles. The summed E-state index contributed by atoms with van der Waals surface area (Å²) in [6.07, 6.45) is 0. The molecule has 2 aromatic carbocycles. The van der Waals surface area contributed by atoms with E-state index in [4.69, 9.17) is 22.4 Å². The van der Waals surface area contributed by atoms with Crippen molar-refractivity contribution in [2.45, 2.75) is 10.6 Å². The number of halogens is 1. The van der Waals surface area contributed by atoms with Gasteiger partial charge in [-0.3, -0.25) is 0 Å². The fraction of sp³-hybridized carbons (Fsp3) is 0.0714. The van der Waals surface area contributed by atoms with E-state index < -0.39 is 5.97 Å². The van der Waals surface area contributed by atoms with Gasteiger partial charge in [0.15, 0.2) is 0 Å². The lowest BCUT2D eigenvalue weighted by Gasteiger charge is -2.04. The Morgan fingerprint density at radius 2 is 1.89 bits per heavy atom. The quantitative estimate of drug-likeness (QED) is 0.662. The standard InChI is InChI=1S/C14H12ClNO2S/c15-12-7-11(5-6-13(12)16)19-8-9-1-3-10(4-2-9)14(17)18/h1-7H,8,16H2,(H,17,18). The molecule has 0 aliphatic heterocycles. The first-order valence-corrected chi connectivity index (χ1v) is 6.92. The molecule has 0 bridgehead atoms. The Hall–Kier alpha value is -1.65. The van der Waals surface area contributed by atoms with Crippen LogP contribution in [0.25, 0.3) is 0 Å². The second-order valence-electron chi connectivity index (χ2n) is 3.97. The van der Waals surface area contributed by atoms with Crippen LogP contribution in [0.2, 0.25) is 5.02 Å². The van der Waals surface area contributed by atoms with Crippen LogP contribution in [-0.4, -0.2) is 11.1 Å². The Kier molecular flexibility index (Phi) is 4.35. The van der Waals surface area contributed by atoms with E-state index in [-0.39, 0.29) is 0 Å². The maximum atomic E-state index is 10.7. The topological polar surface area (TPSA) is 63.3 Å². The predicted molar refractivity (Wildman–Crippen MR) is 78.8 cm³/mol. The van der Waals surface area contributed by atoms with Gasteiger partial charge in [0.25, 0.3) is 0 Å². The third kappa shape index (κ3) is 3.66. The number of benzene rings is 2. The molecule has 0 radical (unpaired) electrons. The third-order valence-corrected chi connectivity index (χ3v) is 3.97. The summed E-state index contributed by atoms with van der Waals surface area (Å²) in [4.78, 5) is 11.8. The van der Waals surface area contributed by atoms with Crippen LogP contribution in [0.4, 0.5) is 5.69 Å². The highest BCUT2D eigenvalue weighted by Gasteiger charge is 2.03. The van der Waals surface area contributed by atoms with Crippen LogP contribution in [-0.2, 0) is 5.75 Å². The number of anilines is 1. The Labute approximate surface area is 120 Å². The summed E-state index contributed by atoms with van der Waals surface area (Å²) in [7, 11) is 0. The summed E-state index contributed by atoms with van der Waals surface area (Å²) >= 11 is 7.57. The van der Waals surface area contributed by atoms with E-state index in [9.17, 15) is 4.79 Å². The molecule has 0 amide bonds. The molecule has 0 saturated carbocycles. The zero-order valence-corrected chi connectivity index (χ0v) is 11.5. The van der Waals surface area contributed by atoms with E-state index in [2.05, 4.69) is 0 Å². The molecule has 3 N–H and O–H groups in total. The number of carbonyl (C=O) groups is 1. The fourth-order valence-corrected chi connectivity index (χ4v) is 2.64. The van der Waals surface area contributed by atoms with Gasteiger partial charge in [-0.2, -0.15) is 0 Å². The molecule has 0 aliphatic carbocycles. The average Bonchev–Trinajstić information content (AvgIpc) is 2.40. The molecule has 0 aromatic heterocycles. The van der Waals surface area contributed by atoms with Crippen molar-refractivity contribution in [3.05, 3.63) is 58.6 Å². The summed E-state index contributed by atoms with van der Waals surface area (Å²) in [5.74, 6) is -0.162. The molecule has 0 saturated heterocycles. The second kappa shape index (κ2) is 5.99. The normalized spacial score (nSPS) is 10.4. The van der Waals surface area contributed by atoms with Gasteiger partial charge in [-0.15, -0.1) is 11.8 Å². The molecule has 5 heteroatoms. The summed E-state index contributed by atoms with van der Waals surface area (Å²) < 4.78 is 0. The third-order valence-electron chi connectivity index (χ3n) is 2.58. The molecule has 98 valence electrons. The van der Waals surface area contributed by atoms with Crippen molar-refractivity contribution in [2.75, 3.05) is 5.73 Å². The SMILES string of the molecule is Nc1ccc(SCc2ccc(C(=O)O)cc2)cc1Cl. The van der Waals surface area contributed by atoms with Gasteiger partial charge in [-0.25, -0.2) is 4.79 Å². The molecule has 0 fully saturated rings. The zero-order valence-electron chi connectivity index (χ0n) is 9.97. The monoisotopic (exact) mass is 293 g/mol. The molecule has 0 atom stereocenters. The minimum Gasteiger partial charge on any atom is -0.478 e. The van der Waals surface area contributed by atoms with E-state index in [0.29, 0.717) is 16.3 Å². The van der Waals surface area contributed by atoms with Crippen LogP contribution in [0.5, 0.6) is 0 Å². The largest absolute Gasteiger partial charge is 0.478 e. The number of hydrogen-bond acceptors (Lipinski definition) is 3. The predicted octanol–water partition coefficient (Wildman–Crippen LogP) is 3.91. The maximum absolute atomic E-state index is 10.7. The summed E-state index contributed by atoms with van der Waals surface area (Å²) in [6.45, 7) is 0. The smallest absolute Gasteiger partial charge is 0.335 e. The first-order chi connectivity index (χ1) is 9.06. The number of rotatable bonds is 4. The lowest BCUT2D eigenvalue weighted by atomic mass is 10.1. The highest BCUT2D eigenvalue weighted by Crippen LogP contribution is 2.28. The molecule has 2 aromatic rings. The van der Waals surface area contributed by atoms with E-state index in [1.54, 1.807) is 30.0 Å². The van der Waals surface area contributed by atoms with Crippen LogP contribution >= 0.6 is 23.4 Å². The van der Waals surface area contributed by atoms with Crippen molar-refractivity contribution in [3.8, 4) is 0 Å². The zero-order chi connectivity index (χ0) is 13.8. The number of nitrogen functional groups attached to an aromatic ring is 1. The van der Waals surface area contributed by atoms with Gasteiger partial charge < -0.3 is 10.8 Å². The maximum Gasteiger partial charge on any atom is 0.335 e. The van der Waals surface area contributed by atoms with E-state index in [0.717, 1.165) is 16.2 Å². The van der Waals surface area contributed by atoms with E-state index >= 15 is 0 Å². The van der Waals surface area contributed by atoms with Crippen LogP contribution in [0, 0.1) is 0 Å². The Morgan fingerprint density at radius 1 is 1.21 bits per heavy atom. The van der Waals surface area contributed by atoms with E-state index in [1.807, 2.05) is 24.3 Å². The first kappa shape index (κ1) is 13.8. The van der Waals surface area contributed by atoms with Crippen molar-refractivity contribution in [2.24, 2.45) is 0 Å². The van der Waals surface area contributed by atoms with Gasteiger partial charge in [0, 0.05) is 10.6 Å². The minimum absolute atomic E-state index is 0.296. The number of thioether (sulfide) groups is 1. The minimum atomic E-state index is -0.912. The Bertz CT molecular complexity index is 599. The lowest BCUT2D eigenvalue weighted by molar-refractivity contribution is 0.0697. The fourth-order valence-electron chi connectivity index (χ4n) is 1.51. The van der Waals surface area contributed by atoms with Crippen LogP contribution in [0.15, 0.2) is 47.4 Å². The van der Waals surface area contributed by atoms with Gasteiger partial charge in [0.05, 0.1) is 16.3 Å².